The van der Waals surface area contributed by atoms with Gasteiger partial charge in [0.25, 0.3) is 0 Å². The third-order valence-electron chi connectivity index (χ3n) is 4.47. The van der Waals surface area contributed by atoms with E-state index in [2.05, 4.69) is 20.6 Å². The van der Waals surface area contributed by atoms with Gasteiger partial charge in [0.2, 0.25) is 23.6 Å². The third kappa shape index (κ3) is 9.21. The van der Waals surface area contributed by atoms with E-state index in [-0.39, 0.29) is 6.42 Å². The number of imidazole rings is 1. The highest BCUT2D eigenvalue weighted by molar-refractivity contribution is 5.97. The molecular formula is C18H27N7O9. The first kappa shape index (κ1) is 28.0. The summed E-state index contributed by atoms with van der Waals surface area (Å²) in [4.78, 5) is 77.8. The molecule has 1 rings (SSSR count). The summed E-state index contributed by atoms with van der Waals surface area (Å²) in [5.41, 5.74) is 11.0. The van der Waals surface area contributed by atoms with Gasteiger partial charge < -0.3 is 47.7 Å². The van der Waals surface area contributed by atoms with Gasteiger partial charge in [-0.15, -0.1) is 0 Å². The average Bonchev–Trinajstić information content (AvgIpc) is 3.23. The van der Waals surface area contributed by atoms with Gasteiger partial charge in [-0.2, -0.15) is 0 Å². The number of carbonyl (C=O) groups is 6. The van der Waals surface area contributed by atoms with Gasteiger partial charge in [0.15, 0.2) is 0 Å². The van der Waals surface area contributed by atoms with Gasteiger partial charge in [0.05, 0.1) is 25.3 Å². The number of hydrogen-bond acceptors (Lipinski definition) is 9. The lowest BCUT2D eigenvalue weighted by molar-refractivity contribution is -0.143. The molecule has 11 N–H and O–H groups in total. The van der Waals surface area contributed by atoms with E-state index in [1.54, 1.807) is 0 Å². The SMILES string of the molecule is CC(O)C(N)C(=O)NC(CC(=O)O)C(=O)NC(CC(N)=O)C(=O)NC(Cc1cnc[nH]1)C(=O)O. The summed E-state index contributed by atoms with van der Waals surface area (Å²) in [5.74, 6) is -7.27. The van der Waals surface area contributed by atoms with Crippen LogP contribution < -0.4 is 27.4 Å². The number of H-pyrrole nitrogens is 1. The molecular weight excluding hydrogens is 458 g/mol. The maximum atomic E-state index is 12.6. The van der Waals surface area contributed by atoms with Crippen LogP contribution in [0.1, 0.15) is 25.5 Å². The molecule has 5 atom stereocenters. The summed E-state index contributed by atoms with van der Waals surface area (Å²) >= 11 is 0. The molecule has 0 radical (unpaired) electrons. The quantitative estimate of drug-likeness (QED) is 0.121. The van der Waals surface area contributed by atoms with Crippen molar-refractivity contribution in [3.8, 4) is 0 Å². The molecule has 0 aliphatic heterocycles. The molecule has 0 saturated heterocycles. The second-order valence-corrected chi connectivity index (χ2v) is 7.34. The van der Waals surface area contributed by atoms with E-state index in [1.807, 2.05) is 5.32 Å². The maximum Gasteiger partial charge on any atom is 0.326 e. The summed E-state index contributed by atoms with van der Waals surface area (Å²) in [6, 6.07) is -6.38. The monoisotopic (exact) mass is 485 g/mol. The Hall–Kier alpha value is -4.05. The zero-order chi connectivity index (χ0) is 26.0. The molecule has 16 heteroatoms. The second-order valence-electron chi connectivity index (χ2n) is 7.34. The van der Waals surface area contributed by atoms with Gasteiger partial charge in [-0.3, -0.25) is 24.0 Å². The number of carbonyl (C=O) groups excluding carboxylic acids is 4. The predicted octanol–water partition coefficient (Wildman–Crippen LogP) is -4.45. The Kier molecular flexibility index (Phi) is 10.6. The van der Waals surface area contributed by atoms with Crippen LogP contribution in [-0.2, 0) is 35.2 Å². The Morgan fingerprint density at radius 1 is 0.971 bits per heavy atom. The van der Waals surface area contributed by atoms with Crippen molar-refractivity contribution in [2.75, 3.05) is 0 Å². The number of amides is 4. The molecule has 1 aromatic heterocycles. The molecule has 1 heterocycles. The van der Waals surface area contributed by atoms with E-state index in [4.69, 9.17) is 16.6 Å². The van der Waals surface area contributed by atoms with E-state index in [1.165, 1.54) is 19.4 Å². The summed E-state index contributed by atoms with van der Waals surface area (Å²) < 4.78 is 0. The normalized spacial score (nSPS) is 15.1. The number of nitrogens with one attached hydrogen (secondary N) is 4. The third-order valence-corrected chi connectivity index (χ3v) is 4.47. The molecule has 1 aromatic rings. The number of primary amides is 1. The highest BCUT2D eigenvalue weighted by Gasteiger charge is 2.33. The smallest absolute Gasteiger partial charge is 0.326 e. The van der Waals surface area contributed by atoms with Crippen LogP contribution >= 0.6 is 0 Å². The fourth-order valence-electron chi connectivity index (χ4n) is 2.64. The number of carboxylic acids is 2. The van der Waals surface area contributed by atoms with Crippen molar-refractivity contribution in [3.05, 3.63) is 18.2 Å². The second kappa shape index (κ2) is 12.9. The number of aliphatic hydroxyl groups excluding tert-OH is 1. The Morgan fingerprint density at radius 2 is 1.50 bits per heavy atom. The molecule has 0 fully saturated rings. The first-order chi connectivity index (χ1) is 15.8. The van der Waals surface area contributed by atoms with Crippen molar-refractivity contribution >= 4 is 35.6 Å². The Bertz CT molecular complexity index is 904. The van der Waals surface area contributed by atoms with Crippen LogP contribution in [0.15, 0.2) is 12.5 Å². The molecule has 0 aliphatic rings. The van der Waals surface area contributed by atoms with Gasteiger partial charge in [-0.25, -0.2) is 9.78 Å². The van der Waals surface area contributed by atoms with Crippen molar-refractivity contribution in [2.45, 2.75) is 56.5 Å². The number of aliphatic hydroxyl groups is 1. The number of nitrogens with zero attached hydrogens (tertiary/aromatic N) is 1. The van der Waals surface area contributed by atoms with Gasteiger partial charge in [0.1, 0.15) is 24.2 Å². The van der Waals surface area contributed by atoms with E-state index < -0.39 is 78.7 Å². The number of aromatic nitrogens is 2. The zero-order valence-electron chi connectivity index (χ0n) is 18.1. The van der Waals surface area contributed by atoms with E-state index in [0.29, 0.717) is 5.69 Å². The van der Waals surface area contributed by atoms with Crippen LogP contribution in [0.3, 0.4) is 0 Å². The fourth-order valence-corrected chi connectivity index (χ4v) is 2.64. The molecule has 188 valence electrons. The van der Waals surface area contributed by atoms with Crippen molar-refractivity contribution in [3.63, 3.8) is 0 Å². The number of aliphatic carboxylic acids is 2. The topological polar surface area (TPSA) is 280 Å². The fraction of sp³-hybridized carbons (Fsp3) is 0.500. The Balaban J connectivity index is 3.01. The van der Waals surface area contributed by atoms with E-state index in [0.717, 1.165) is 0 Å². The molecule has 4 amide bonds. The number of aromatic amines is 1. The van der Waals surface area contributed by atoms with Gasteiger partial charge in [-0.05, 0) is 6.92 Å². The largest absolute Gasteiger partial charge is 0.481 e. The van der Waals surface area contributed by atoms with E-state index >= 15 is 0 Å². The number of carboxylic acid groups (broad SMARTS) is 2. The molecule has 0 spiro atoms. The summed E-state index contributed by atoms with van der Waals surface area (Å²) in [7, 11) is 0. The van der Waals surface area contributed by atoms with Crippen LogP contribution in [0.4, 0.5) is 0 Å². The summed E-state index contributed by atoms with van der Waals surface area (Å²) in [6.07, 6.45) is -0.562. The van der Waals surface area contributed by atoms with Crippen molar-refractivity contribution in [1.29, 1.82) is 0 Å². The van der Waals surface area contributed by atoms with Crippen molar-refractivity contribution in [1.82, 2.24) is 25.9 Å². The maximum absolute atomic E-state index is 12.6. The highest BCUT2D eigenvalue weighted by Crippen LogP contribution is 2.03. The molecule has 0 saturated carbocycles. The minimum absolute atomic E-state index is 0.201. The standard InChI is InChI=1S/C18H27N7O9/c1-7(26)14(20)17(32)24-10(4-13(28)29)16(31)23-9(3-12(19)27)15(30)25-11(18(33)34)2-8-5-21-6-22-8/h5-7,9-11,14,26H,2-4,20H2,1H3,(H2,19,27)(H,21,22)(H,23,31)(H,24,32)(H,25,30)(H,28,29)(H,33,34). The van der Waals surface area contributed by atoms with Crippen molar-refractivity contribution < 1.29 is 44.1 Å². The molecule has 34 heavy (non-hydrogen) atoms. The number of hydrogen-bond donors (Lipinski definition) is 9. The first-order valence-corrected chi connectivity index (χ1v) is 9.86. The zero-order valence-corrected chi connectivity index (χ0v) is 18.1. The summed E-state index contributed by atoms with van der Waals surface area (Å²) in [6.45, 7) is 1.20. The lowest BCUT2D eigenvalue weighted by Gasteiger charge is -2.24. The minimum atomic E-state index is -1.74. The van der Waals surface area contributed by atoms with Crippen LogP contribution in [0.5, 0.6) is 0 Å². The molecule has 0 bridgehead atoms. The molecule has 16 nitrogen and oxygen atoms in total. The lowest BCUT2D eigenvalue weighted by atomic mass is 10.1. The van der Waals surface area contributed by atoms with Gasteiger partial charge in [-0.1, -0.05) is 0 Å². The lowest BCUT2D eigenvalue weighted by Crippen LogP contribution is -2.59. The average molecular weight is 485 g/mol. The Morgan fingerprint density at radius 3 is 1.94 bits per heavy atom. The van der Waals surface area contributed by atoms with Crippen LogP contribution in [0.2, 0.25) is 0 Å². The molecule has 0 aliphatic carbocycles. The number of nitrogens with two attached hydrogens (primary N) is 2. The first-order valence-electron chi connectivity index (χ1n) is 9.86. The number of rotatable bonds is 14. The molecule has 5 unspecified atom stereocenters. The summed E-state index contributed by atoms with van der Waals surface area (Å²) in [5, 5.41) is 34.1. The van der Waals surface area contributed by atoms with E-state index in [9.17, 15) is 39.0 Å². The van der Waals surface area contributed by atoms with Gasteiger partial charge >= 0.3 is 11.9 Å². The van der Waals surface area contributed by atoms with Crippen LogP contribution in [0.25, 0.3) is 0 Å². The predicted molar refractivity (Wildman–Crippen MR) is 111 cm³/mol. The Labute approximate surface area is 192 Å². The van der Waals surface area contributed by atoms with Crippen LogP contribution in [-0.4, -0.2) is 91.1 Å². The van der Waals surface area contributed by atoms with Gasteiger partial charge in [0, 0.05) is 18.3 Å². The molecule has 0 aromatic carbocycles. The highest BCUT2D eigenvalue weighted by atomic mass is 16.4. The minimum Gasteiger partial charge on any atom is -0.481 e. The van der Waals surface area contributed by atoms with Crippen molar-refractivity contribution in [2.24, 2.45) is 11.5 Å². The van der Waals surface area contributed by atoms with Crippen LogP contribution in [0, 0.1) is 0 Å².